The molecule has 2 aromatic rings. The SMILES string of the molecule is O=C(Cc1ccccc1F)c1ccc(Cl)cn1. The van der Waals surface area contributed by atoms with E-state index in [0.29, 0.717) is 10.6 Å². The van der Waals surface area contributed by atoms with E-state index in [1.807, 2.05) is 0 Å². The summed E-state index contributed by atoms with van der Waals surface area (Å²) in [5, 5.41) is 0.465. The van der Waals surface area contributed by atoms with Gasteiger partial charge in [-0.2, -0.15) is 0 Å². The lowest BCUT2D eigenvalue weighted by Crippen LogP contribution is -2.06. The number of benzene rings is 1. The fourth-order valence-corrected chi connectivity index (χ4v) is 1.56. The van der Waals surface area contributed by atoms with E-state index in [1.54, 1.807) is 24.3 Å². The first kappa shape index (κ1) is 11.7. The smallest absolute Gasteiger partial charge is 0.185 e. The Bertz CT molecular complexity index is 539. The summed E-state index contributed by atoms with van der Waals surface area (Å²) in [6.07, 6.45) is 1.40. The number of nitrogens with zero attached hydrogens (tertiary/aromatic N) is 1. The zero-order valence-corrected chi connectivity index (χ0v) is 9.62. The zero-order chi connectivity index (χ0) is 12.3. The maximum absolute atomic E-state index is 13.3. The largest absolute Gasteiger partial charge is 0.292 e. The highest BCUT2D eigenvalue weighted by molar-refractivity contribution is 6.30. The van der Waals surface area contributed by atoms with Gasteiger partial charge in [0.05, 0.1) is 5.02 Å². The number of rotatable bonds is 3. The van der Waals surface area contributed by atoms with Crippen LogP contribution in [0, 0.1) is 5.82 Å². The monoisotopic (exact) mass is 249 g/mol. The predicted molar refractivity (Wildman–Crippen MR) is 63.7 cm³/mol. The molecular weight excluding hydrogens is 241 g/mol. The first-order valence-electron chi connectivity index (χ1n) is 5.05. The van der Waals surface area contributed by atoms with Crippen molar-refractivity contribution in [1.29, 1.82) is 0 Å². The van der Waals surface area contributed by atoms with Gasteiger partial charge in [-0.3, -0.25) is 9.78 Å². The standard InChI is InChI=1S/C13H9ClFNO/c14-10-5-6-12(16-8-10)13(17)7-9-3-1-2-4-11(9)15/h1-6,8H,7H2. The summed E-state index contributed by atoms with van der Waals surface area (Å²) in [5.74, 6) is -0.610. The summed E-state index contributed by atoms with van der Waals surface area (Å²) in [5.41, 5.74) is 0.659. The van der Waals surface area contributed by atoms with Crippen molar-refractivity contribution in [2.75, 3.05) is 0 Å². The molecule has 0 amide bonds. The second-order valence-electron chi connectivity index (χ2n) is 3.55. The number of halogens is 2. The average molecular weight is 250 g/mol. The van der Waals surface area contributed by atoms with Crippen molar-refractivity contribution in [3.8, 4) is 0 Å². The van der Waals surface area contributed by atoms with Crippen LogP contribution in [0.3, 0.4) is 0 Å². The first-order valence-corrected chi connectivity index (χ1v) is 5.43. The third-order valence-electron chi connectivity index (χ3n) is 2.32. The Labute approximate surface area is 103 Å². The van der Waals surface area contributed by atoms with Crippen molar-refractivity contribution >= 4 is 17.4 Å². The van der Waals surface area contributed by atoms with Gasteiger partial charge < -0.3 is 0 Å². The number of aromatic nitrogens is 1. The molecule has 4 heteroatoms. The van der Waals surface area contributed by atoms with Gasteiger partial charge in [0.15, 0.2) is 5.78 Å². The van der Waals surface area contributed by atoms with Gasteiger partial charge >= 0.3 is 0 Å². The Kier molecular flexibility index (Phi) is 3.49. The minimum absolute atomic E-state index is 0.00130. The molecular formula is C13H9ClFNO. The van der Waals surface area contributed by atoms with Crippen LogP contribution >= 0.6 is 11.6 Å². The van der Waals surface area contributed by atoms with Crippen molar-refractivity contribution in [3.05, 3.63) is 64.7 Å². The molecule has 0 radical (unpaired) electrons. The maximum Gasteiger partial charge on any atom is 0.185 e. The third-order valence-corrected chi connectivity index (χ3v) is 2.55. The van der Waals surface area contributed by atoms with Crippen LogP contribution in [-0.4, -0.2) is 10.8 Å². The molecule has 2 rings (SSSR count). The Hall–Kier alpha value is -1.74. The van der Waals surface area contributed by atoms with Crippen molar-refractivity contribution in [2.24, 2.45) is 0 Å². The van der Waals surface area contributed by atoms with Crippen LogP contribution in [0.4, 0.5) is 4.39 Å². The summed E-state index contributed by atoms with van der Waals surface area (Å²) in [6.45, 7) is 0. The van der Waals surface area contributed by atoms with E-state index in [2.05, 4.69) is 4.98 Å². The molecule has 0 unspecified atom stereocenters. The molecule has 17 heavy (non-hydrogen) atoms. The molecule has 0 bridgehead atoms. The maximum atomic E-state index is 13.3. The van der Waals surface area contributed by atoms with E-state index in [1.165, 1.54) is 18.3 Å². The quantitative estimate of drug-likeness (QED) is 0.782. The van der Waals surface area contributed by atoms with Crippen molar-refractivity contribution in [3.63, 3.8) is 0 Å². The highest BCUT2D eigenvalue weighted by Gasteiger charge is 2.10. The number of hydrogen-bond acceptors (Lipinski definition) is 2. The van der Waals surface area contributed by atoms with Gasteiger partial charge in [0, 0.05) is 12.6 Å². The summed E-state index contributed by atoms with van der Waals surface area (Å²) in [4.78, 5) is 15.7. The molecule has 0 aliphatic heterocycles. The van der Waals surface area contributed by atoms with Gasteiger partial charge in [0.2, 0.25) is 0 Å². The highest BCUT2D eigenvalue weighted by Crippen LogP contribution is 2.11. The van der Waals surface area contributed by atoms with Crippen molar-refractivity contribution in [2.45, 2.75) is 6.42 Å². The van der Waals surface area contributed by atoms with E-state index in [0.717, 1.165) is 0 Å². The minimum Gasteiger partial charge on any atom is -0.292 e. The van der Waals surface area contributed by atoms with E-state index >= 15 is 0 Å². The lowest BCUT2D eigenvalue weighted by molar-refractivity contribution is 0.0987. The number of ketones is 1. The number of pyridine rings is 1. The molecule has 0 aliphatic carbocycles. The van der Waals surface area contributed by atoms with Gasteiger partial charge in [-0.1, -0.05) is 29.8 Å². The number of carbonyl (C=O) groups is 1. The number of Topliss-reactive ketones (excluding diaryl/α,β-unsaturated/α-hetero) is 1. The first-order chi connectivity index (χ1) is 8.16. The molecule has 1 aromatic heterocycles. The van der Waals surface area contributed by atoms with Crippen LogP contribution in [0.5, 0.6) is 0 Å². The minimum atomic E-state index is -0.380. The molecule has 86 valence electrons. The molecule has 0 saturated heterocycles. The van der Waals surface area contributed by atoms with Gasteiger partial charge in [0.1, 0.15) is 11.5 Å². The van der Waals surface area contributed by atoms with Gasteiger partial charge in [0.25, 0.3) is 0 Å². The van der Waals surface area contributed by atoms with Gasteiger partial charge in [-0.05, 0) is 23.8 Å². The lowest BCUT2D eigenvalue weighted by Gasteiger charge is -2.02. The molecule has 0 N–H and O–H groups in total. The van der Waals surface area contributed by atoms with Gasteiger partial charge in [-0.25, -0.2) is 4.39 Å². The lowest BCUT2D eigenvalue weighted by atomic mass is 10.1. The Morgan fingerprint density at radius 2 is 2.00 bits per heavy atom. The average Bonchev–Trinajstić information content (AvgIpc) is 2.33. The summed E-state index contributed by atoms with van der Waals surface area (Å²) >= 11 is 5.67. The fourth-order valence-electron chi connectivity index (χ4n) is 1.45. The van der Waals surface area contributed by atoms with Crippen molar-refractivity contribution < 1.29 is 9.18 Å². The normalized spacial score (nSPS) is 10.2. The molecule has 0 saturated carbocycles. The Morgan fingerprint density at radius 3 is 2.65 bits per heavy atom. The Balaban J connectivity index is 2.17. The molecule has 0 aliphatic rings. The Morgan fingerprint density at radius 1 is 1.24 bits per heavy atom. The van der Waals surface area contributed by atoms with Crippen LogP contribution in [0.1, 0.15) is 16.1 Å². The van der Waals surface area contributed by atoms with Crippen LogP contribution in [0.25, 0.3) is 0 Å². The summed E-state index contributed by atoms with van der Waals surface area (Å²) < 4.78 is 13.3. The number of hydrogen-bond donors (Lipinski definition) is 0. The van der Waals surface area contributed by atoms with E-state index in [4.69, 9.17) is 11.6 Å². The van der Waals surface area contributed by atoms with Crippen LogP contribution < -0.4 is 0 Å². The zero-order valence-electron chi connectivity index (χ0n) is 8.86. The molecule has 1 aromatic carbocycles. The molecule has 0 spiro atoms. The second-order valence-corrected chi connectivity index (χ2v) is 3.99. The summed E-state index contributed by atoms with van der Waals surface area (Å²) in [7, 11) is 0. The van der Waals surface area contributed by atoms with Crippen LogP contribution in [0.2, 0.25) is 5.02 Å². The van der Waals surface area contributed by atoms with Crippen LogP contribution in [0.15, 0.2) is 42.6 Å². The number of carbonyl (C=O) groups excluding carboxylic acids is 1. The molecule has 1 heterocycles. The van der Waals surface area contributed by atoms with E-state index in [-0.39, 0.29) is 23.7 Å². The highest BCUT2D eigenvalue weighted by atomic mass is 35.5. The van der Waals surface area contributed by atoms with Crippen LogP contribution in [-0.2, 0) is 6.42 Å². The van der Waals surface area contributed by atoms with Gasteiger partial charge in [-0.15, -0.1) is 0 Å². The molecule has 2 nitrogen and oxygen atoms in total. The third kappa shape index (κ3) is 2.88. The fraction of sp³-hybridized carbons (Fsp3) is 0.0769. The second kappa shape index (κ2) is 5.06. The topological polar surface area (TPSA) is 30.0 Å². The predicted octanol–water partition coefficient (Wildman–Crippen LogP) is 3.30. The van der Waals surface area contributed by atoms with Crippen molar-refractivity contribution in [1.82, 2.24) is 4.98 Å². The van der Waals surface area contributed by atoms with E-state index < -0.39 is 0 Å². The summed E-state index contributed by atoms with van der Waals surface area (Å²) in [6, 6.07) is 9.32. The van der Waals surface area contributed by atoms with E-state index in [9.17, 15) is 9.18 Å². The molecule has 0 atom stereocenters. The molecule has 0 fully saturated rings.